The van der Waals surface area contributed by atoms with E-state index in [9.17, 15) is 0 Å². The molecule has 0 aromatic carbocycles. The summed E-state index contributed by atoms with van der Waals surface area (Å²) in [5, 5.41) is 13.7. The van der Waals surface area contributed by atoms with Crippen LogP contribution in [0.2, 0.25) is 0 Å². The van der Waals surface area contributed by atoms with Crippen LogP contribution in [0.15, 0.2) is 53.9 Å². The maximum Gasteiger partial charge on any atom is 0.148 e. The van der Waals surface area contributed by atoms with Gasteiger partial charge in [0.1, 0.15) is 29.0 Å². The molecule has 8 nitrogen and oxygen atoms in total. The summed E-state index contributed by atoms with van der Waals surface area (Å²) in [5.74, 6) is 2.65. The second kappa shape index (κ2) is 8.81. The van der Waals surface area contributed by atoms with Crippen molar-refractivity contribution in [3.8, 4) is 11.5 Å². The highest BCUT2D eigenvalue weighted by molar-refractivity contribution is 5.79. The predicted molar refractivity (Wildman–Crippen MR) is 107 cm³/mol. The molecule has 0 saturated carbocycles. The number of anilines is 2. The summed E-state index contributed by atoms with van der Waals surface area (Å²) in [6.07, 6.45) is 4.39. The van der Waals surface area contributed by atoms with Gasteiger partial charge < -0.3 is 10.1 Å². The number of nitrogens with zero attached hydrogens (tertiary/aromatic N) is 4. The number of rotatable bonds is 7. The fourth-order valence-electron chi connectivity index (χ4n) is 2.60. The van der Waals surface area contributed by atoms with Gasteiger partial charge in [0.25, 0.3) is 0 Å². The first-order valence-electron chi connectivity index (χ1n) is 8.78. The average Bonchev–Trinajstić information content (AvgIpc) is 2.69. The topological polar surface area (TPSA) is 120 Å². The monoisotopic (exact) mass is 375 g/mol. The fraction of sp³-hybridized carbons (Fsp3) is 0.200. The molecule has 0 aliphatic rings. The molecule has 3 rings (SSSR count). The van der Waals surface area contributed by atoms with Crippen molar-refractivity contribution in [2.45, 2.75) is 26.7 Å². The van der Waals surface area contributed by atoms with Crippen molar-refractivity contribution < 1.29 is 4.74 Å². The molecule has 0 radical (unpaired) electrons. The molecule has 3 aromatic heterocycles. The van der Waals surface area contributed by atoms with Gasteiger partial charge >= 0.3 is 0 Å². The maximum atomic E-state index is 7.45. The molecule has 0 amide bonds. The number of aryl methyl sites for hydroxylation is 3. The molecule has 28 heavy (non-hydrogen) atoms. The first kappa shape index (κ1) is 19.1. The molecular formula is C20H21N7O. The van der Waals surface area contributed by atoms with Gasteiger partial charge in [-0.25, -0.2) is 15.5 Å². The summed E-state index contributed by atoms with van der Waals surface area (Å²) in [6.45, 7) is 3.85. The van der Waals surface area contributed by atoms with E-state index in [0.717, 1.165) is 17.0 Å². The molecule has 0 bridgehead atoms. The molecule has 0 aliphatic carbocycles. The summed E-state index contributed by atoms with van der Waals surface area (Å²) < 4.78 is 5.93. The molecule has 3 aromatic rings. The Morgan fingerprint density at radius 2 is 1.82 bits per heavy atom. The largest absolute Gasteiger partial charge is 0.455 e. The molecule has 3 heterocycles. The van der Waals surface area contributed by atoms with Crippen LogP contribution in [-0.2, 0) is 6.42 Å². The minimum absolute atomic E-state index is 0.0544. The number of hydrogen-bond donors (Lipinski definition) is 3. The van der Waals surface area contributed by atoms with Gasteiger partial charge in [0.15, 0.2) is 0 Å². The number of ether oxygens (including phenoxy) is 1. The number of aromatic nitrogens is 3. The van der Waals surface area contributed by atoms with Crippen LogP contribution in [0.5, 0.6) is 11.5 Å². The van der Waals surface area contributed by atoms with Gasteiger partial charge in [-0.05, 0) is 56.2 Å². The first-order valence-corrected chi connectivity index (χ1v) is 8.78. The quantitative estimate of drug-likeness (QED) is 0.306. The Labute approximate surface area is 163 Å². The third-order valence-corrected chi connectivity index (χ3v) is 4.00. The average molecular weight is 375 g/mol. The van der Waals surface area contributed by atoms with E-state index in [1.54, 1.807) is 24.5 Å². The minimum Gasteiger partial charge on any atom is -0.455 e. The number of hydrogen-bond acceptors (Lipinski definition) is 7. The minimum atomic E-state index is 0.0544. The van der Waals surface area contributed by atoms with Crippen LogP contribution in [0.3, 0.4) is 0 Å². The van der Waals surface area contributed by atoms with Gasteiger partial charge in [-0.1, -0.05) is 0 Å². The Hall–Kier alpha value is -3.68. The van der Waals surface area contributed by atoms with Crippen molar-refractivity contribution in [2.75, 3.05) is 5.32 Å². The van der Waals surface area contributed by atoms with Gasteiger partial charge in [0.05, 0.1) is 5.69 Å². The second-order valence-electron chi connectivity index (χ2n) is 6.25. The number of nitrogens with one attached hydrogen (secondary N) is 3. The van der Waals surface area contributed by atoms with Crippen LogP contribution in [0.1, 0.15) is 23.4 Å². The van der Waals surface area contributed by atoms with Crippen molar-refractivity contribution in [1.29, 1.82) is 10.9 Å². The zero-order valence-electron chi connectivity index (χ0n) is 15.7. The Balaban J connectivity index is 1.70. The molecule has 8 heteroatoms. The van der Waals surface area contributed by atoms with E-state index in [1.165, 1.54) is 0 Å². The van der Waals surface area contributed by atoms with E-state index >= 15 is 0 Å². The Morgan fingerprint density at radius 1 is 1.07 bits per heavy atom. The lowest BCUT2D eigenvalue weighted by atomic mass is 10.1. The zero-order chi connectivity index (χ0) is 19.9. The van der Waals surface area contributed by atoms with Crippen molar-refractivity contribution in [3.63, 3.8) is 0 Å². The van der Waals surface area contributed by atoms with Gasteiger partial charge in [0.2, 0.25) is 0 Å². The molecule has 0 spiro atoms. The number of pyridine rings is 3. The maximum absolute atomic E-state index is 7.45. The molecular weight excluding hydrogens is 354 g/mol. The normalized spacial score (nSPS) is 10.4. The van der Waals surface area contributed by atoms with Crippen LogP contribution in [0, 0.1) is 24.8 Å². The van der Waals surface area contributed by atoms with Crippen LogP contribution in [0.25, 0.3) is 0 Å². The standard InChI is InChI=1S/C20H21N7O/c1-13-3-5-17(14(2)25-13)28-16-8-10-24-20(12-16)26-19-11-15(7-9-23-19)4-6-18(21)27-22/h3,5,7-12,21-22H,4,6H2,1-2H3,(H,23,24,26). The van der Waals surface area contributed by atoms with Crippen molar-refractivity contribution >= 4 is 17.5 Å². The second-order valence-corrected chi connectivity index (χ2v) is 6.25. The van der Waals surface area contributed by atoms with E-state index < -0.39 is 0 Å². The lowest BCUT2D eigenvalue weighted by molar-refractivity contribution is 0.475. The first-order chi connectivity index (χ1) is 13.5. The van der Waals surface area contributed by atoms with E-state index in [4.69, 9.17) is 15.7 Å². The van der Waals surface area contributed by atoms with Crippen molar-refractivity contribution in [3.05, 3.63) is 65.7 Å². The van der Waals surface area contributed by atoms with Crippen molar-refractivity contribution in [1.82, 2.24) is 15.0 Å². The SMILES string of the molecule is Cc1ccc(Oc2ccnc(Nc3cc(CCC(=N)N=N)ccn3)c2)c(C)n1. The Kier molecular flexibility index (Phi) is 6.01. The van der Waals surface area contributed by atoms with Crippen LogP contribution >= 0.6 is 0 Å². The molecule has 0 aliphatic heterocycles. The van der Waals surface area contributed by atoms with E-state index in [-0.39, 0.29) is 5.84 Å². The van der Waals surface area contributed by atoms with Gasteiger partial charge in [-0.2, -0.15) is 0 Å². The van der Waals surface area contributed by atoms with E-state index in [2.05, 4.69) is 25.4 Å². The van der Waals surface area contributed by atoms with Crippen LogP contribution < -0.4 is 10.1 Å². The highest BCUT2D eigenvalue weighted by Gasteiger charge is 2.06. The van der Waals surface area contributed by atoms with Crippen LogP contribution in [0.4, 0.5) is 11.6 Å². The highest BCUT2D eigenvalue weighted by Crippen LogP contribution is 2.26. The molecule has 3 N–H and O–H groups in total. The summed E-state index contributed by atoms with van der Waals surface area (Å²) >= 11 is 0. The molecule has 142 valence electrons. The Morgan fingerprint density at radius 3 is 2.57 bits per heavy atom. The smallest absolute Gasteiger partial charge is 0.148 e. The zero-order valence-corrected chi connectivity index (χ0v) is 15.7. The van der Waals surface area contributed by atoms with Gasteiger partial charge in [-0.15, -0.1) is 5.11 Å². The molecule has 0 saturated heterocycles. The summed E-state index contributed by atoms with van der Waals surface area (Å²) in [7, 11) is 0. The van der Waals surface area contributed by atoms with Crippen molar-refractivity contribution in [2.24, 2.45) is 5.11 Å². The molecule has 0 atom stereocenters. The van der Waals surface area contributed by atoms with E-state index in [1.807, 2.05) is 38.1 Å². The van der Waals surface area contributed by atoms with Gasteiger partial charge in [0, 0.05) is 30.6 Å². The number of amidine groups is 1. The lowest BCUT2D eigenvalue weighted by Crippen LogP contribution is -1.99. The summed E-state index contributed by atoms with van der Waals surface area (Å²) in [5.41, 5.74) is 9.61. The molecule has 0 unspecified atom stereocenters. The van der Waals surface area contributed by atoms with Crippen LogP contribution in [-0.4, -0.2) is 20.8 Å². The third kappa shape index (κ3) is 5.16. The summed E-state index contributed by atoms with van der Waals surface area (Å²) in [6, 6.07) is 11.2. The fourth-order valence-corrected chi connectivity index (χ4v) is 2.60. The summed E-state index contributed by atoms with van der Waals surface area (Å²) in [4.78, 5) is 13.0. The lowest BCUT2D eigenvalue weighted by Gasteiger charge is -2.11. The molecule has 0 fully saturated rings. The highest BCUT2D eigenvalue weighted by atomic mass is 16.5. The predicted octanol–water partition coefficient (Wildman–Crippen LogP) is 4.97. The third-order valence-electron chi connectivity index (χ3n) is 4.00. The van der Waals surface area contributed by atoms with E-state index in [0.29, 0.717) is 36.0 Å². The Bertz CT molecular complexity index is 1000. The van der Waals surface area contributed by atoms with Gasteiger partial charge in [-0.3, -0.25) is 10.4 Å².